The minimum atomic E-state index is -0.105. The van der Waals surface area contributed by atoms with Crippen LogP contribution < -0.4 is 5.32 Å². The van der Waals surface area contributed by atoms with Gasteiger partial charge in [-0.3, -0.25) is 14.6 Å². The number of benzene rings is 1. The van der Waals surface area contributed by atoms with Crippen molar-refractivity contribution >= 4 is 34.4 Å². The number of nitrogens with one attached hydrogen (secondary N) is 1. The van der Waals surface area contributed by atoms with E-state index >= 15 is 0 Å². The van der Waals surface area contributed by atoms with E-state index in [1.807, 2.05) is 30.0 Å². The number of carbonyl (C=O) groups is 2. The summed E-state index contributed by atoms with van der Waals surface area (Å²) in [7, 11) is 0. The molecule has 1 saturated heterocycles. The molecule has 0 aliphatic carbocycles. The maximum Gasteiger partial charge on any atom is 0.254 e. The van der Waals surface area contributed by atoms with Gasteiger partial charge in [-0.15, -0.1) is 0 Å². The second-order valence-electron chi connectivity index (χ2n) is 6.22. The lowest BCUT2D eigenvalue weighted by Crippen LogP contribution is -2.46. The van der Waals surface area contributed by atoms with E-state index < -0.39 is 0 Å². The molecule has 1 fully saturated rings. The summed E-state index contributed by atoms with van der Waals surface area (Å²) >= 11 is 2.23. The first kappa shape index (κ1) is 17.8. The number of carbonyl (C=O) groups excluding carboxylic acids is 2. The predicted molar refractivity (Wildman–Crippen MR) is 105 cm³/mol. The Labute approximate surface area is 161 Å². The largest absolute Gasteiger partial charge is 0.349 e. The Morgan fingerprint density at radius 3 is 2.64 bits per heavy atom. The molecule has 0 spiro atoms. The molecule has 1 N–H and O–H groups in total. The van der Waals surface area contributed by atoms with Gasteiger partial charge in [0, 0.05) is 35.1 Å². The molecule has 130 valence electrons. The van der Waals surface area contributed by atoms with Gasteiger partial charge in [-0.2, -0.15) is 0 Å². The Morgan fingerprint density at radius 1 is 1.20 bits per heavy atom. The second-order valence-corrected chi connectivity index (χ2v) is 7.30. The van der Waals surface area contributed by atoms with E-state index in [4.69, 9.17) is 0 Å². The van der Waals surface area contributed by atoms with Gasteiger partial charge in [-0.05, 0) is 66.1 Å². The van der Waals surface area contributed by atoms with E-state index in [1.165, 1.54) is 0 Å². The average molecular weight is 449 g/mol. The van der Waals surface area contributed by atoms with Gasteiger partial charge in [0.1, 0.15) is 0 Å². The summed E-state index contributed by atoms with van der Waals surface area (Å²) in [5.41, 5.74) is 2.44. The van der Waals surface area contributed by atoms with Crippen molar-refractivity contribution in [1.82, 2.24) is 15.2 Å². The quantitative estimate of drug-likeness (QED) is 0.734. The summed E-state index contributed by atoms with van der Waals surface area (Å²) < 4.78 is 1.01. The molecule has 1 aromatic heterocycles. The Bertz CT molecular complexity index is 771. The molecule has 1 aliphatic heterocycles. The number of aromatic nitrogens is 1. The number of nitrogens with zero attached hydrogens (tertiary/aromatic N) is 2. The monoisotopic (exact) mass is 449 g/mol. The number of pyridine rings is 1. The van der Waals surface area contributed by atoms with Crippen LogP contribution >= 0.6 is 22.6 Å². The van der Waals surface area contributed by atoms with Crippen LogP contribution in [-0.4, -0.2) is 40.8 Å². The number of halogens is 1. The van der Waals surface area contributed by atoms with Crippen LogP contribution in [0.25, 0.3) is 0 Å². The number of likely N-dealkylation sites (tertiary alicyclic amines) is 1. The number of amides is 2. The molecule has 25 heavy (non-hydrogen) atoms. The molecular weight excluding hydrogens is 429 g/mol. The molecule has 0 saturated carbocycles. The first-order valence-electron chi connectivity index (χ1n) is 8.31. The number of aryl methyl sites for hydroxylation is 1. The van der Waals surface area contributed by atoms with Crippen molar-refractivity contribution < 1.29 is 9.59 Å². The molecule has 5 nitrogen and oxygen atoms in total. The summed E-state index contributed by atoms with van der Waals surface area (Å²) in [5.74, 6) is -0.0313. The van der Waals surface area contributed by atoms with Gasteiger partial charge >= 0.3 is 0 Å². The normalized spacial score (nSPS) is 15.0. The van der Waals surface area contributed by atoms with Crippen molar-refractivity contribution in [2.24, 2.45) is 0 Å². The van der Waals surface area contributed by atoms with Gasteiger partial charge in [0.2, 0.25) is 0 Å². The lowest BCUT2D eigenvalue weighted by atomic mass is 10.0. The fourth-order valence-corrected chi connectivity index (χ4v) is 3.57. The van der Waals surface area contributed by atoms with E-state index in [2.05, 4.69) is 32.9 Å². The average Bonchev–Trinajstić information content (AvgIpc) is 2.65. The highest BCUT2D eigenvalue weighted by molar-refractivity contribution is 14.1. The predicted octanol–water partition coefficient (Wildman–Crippen LogP) is 3.03. The number of rotatable bonds is 3. The van der Waals surface area contributed by atoms with Gasteiger partial charge in [0.15, 0.2) is 0 Å². The van der Waals surface area contributed by atoms with Crippen molar-refractivity contribution in [3.05, 3.63) is 63.0 Å². The number of hydrogen-bond donors (Lipinski definition) is 1. The number of piperidine rings is 1. The highest BCUT2D eigenvalue weighted by Crippen LogP contribution is 2.21. The smallest absolute Gasteiger partial charge is 0.254 e. The lowest BCUT2D eigenvalue weighted by Gasteiger charge is -2.32. The Kier molecular flexibility index (Phi) is 5.67. The third kappa shape index (κ3) is 4.18. The van der Waals surface area contributed by atoms with E-state index in [9.17, 15) is 9.59 Å². The van der Waals surface area contributed by atoms with Gasteiger partial charge in [0.25, 0.3) is 11.8 Å². The molecular formula is C19H20IN3O2. The highest BCUT2D eigenvalue weighted by atomic mass is 127. The number of hydrogen-bond acceptors (Lipinski definition) is 3. The van der Waals surface area contributed by atoms with Crippen molar-refractivity contribution in [2.45, 2.75) is 25.8 Å². The Morgan fingerprint density at radius 2 is 1.96 bits per heavy atom. The lowest BCUT2D eigenvalue weighted by molar-refractivity contribution is 0.0697. The van der Waals surface area contributed by atoms with Crippen molar-refractivity contribution in [2.75, 3.05) is 13.1 Å². The third-order valence-electron chi connectivity index (χ3n) is 4.46. The minimum Gasteiger partial charge on any atom is -0.349 e. The molecule has 6 heteroatoms. The van der Waals surface area contributed by atoms with E-state index in [0.29, 0.717) is 18.7 Å². The molecule has 1 aromatic carbocycles. The zero-order valence-electron chi connectivity index (χ0n) is 14.0. The molecule has 3 rings (SSSR count). The van der Waals surface area contributed by atoms with Crippen LogP contribution in [0.3, 0.4) is 0 Å². The maximum absolute atomic E-state index is 12.7. The zero-order chi connectivity index (χ0) is 17.8. The van der Waals surface area contributed by atoms with Crippen LogP contribution in [0.1, 0.15) is 39.1 Å². The van der Waals surface area contributed by atoms with Gasteiger partial charge < -0.3 is 10.2 Å². The Hall–Kier alpha value is -1.96. The molecule has 0 bridgehead atoms. The highest BCUT2D eigenvalue weighted by Gasteiger charge is 2.26. The van der Waals surface area contributed by atoms with E-state index in [1.54, 1.807) is 24.5 Å². The van der Waals surface area contributed by atoms with Crippen LogP contribution in [0.15, 0.2) is 42.7 Å². The van der Waals surface area contributed by atoms with Crippen molar-refractivity contribution in [3.63, 3.8) is 0 Å². The fraction of sp³-hybridized carbons (Fsp3) is 0.316. The molecule has 2 aromatic rings. The molecule has 2 heterocycles. The van der Waals surface area contributed by atoms with Crippen LogP contribution in [0.5, 0.6) is 0 Å². The summed E-state index contributed by atoms with van der Waals surface area (Å²) in [6.45, 7) is 3.32. The Balaban J connectivity index is 1.57. The van der Waals surface area contributed by atoms with Crippen LogP contribution in [-0.2, 0) is 0 Å². The van der Waals surface area contributed by atoms with Crippen LogP contribution in [0.2, 0.25) is 0 Å². The van der Waals surface area contributed by atoms with Gasteiger partial charge in [-0.1, -0.05) is 12.1 Å². The zero-order valence-corrected chi connectivity index (χ0v) is 16.2. The molecule has 1 aliphatic rings. The second kappa shape index (κ2) is 7.95. The van der Waals surface area contributed by atoms with Crippen LogP contribution in [0.4, 0.5) is 0 Å². The van der Waals surface area contributed by atoms with Gasteiger partial charge in [0.05, 0.1) is 11.1 Å². The SMILES string of the molecule is Cc1cccc(C(=O)N2CCC(NC(=O)c3cccnc3)CC2)c1I. The molecule has 0 atom stereocenters. The first-order valence-corrected chi connectivity index (χ1v) is 9.39. The van der Waals surface area contributed by atoms with Gasteiger partial charge in [-0.25, -0.2) is 0 Å². The summed E-state index contributed by atoms with van der Waals surface area (Å²) in [6, 6.07) is 9.41. The summed E-state index contributed by atoms with van der Waals surface area (Å²) in [6.07, 6.45) is 4.74. The molecule has 0 unspecified atom stereocenters. The fourth-order valence-electron chi connectivity index (χ4n) is 2.98. The van der Waals surface area contributed by atoms with E-state index in [-0.39, 0.29) is 17.9 Å². The van der Waals surface area contributed by atoms with Crippen molar-refractivity contribution in [1.29, 1.82) is 0 Å². The molecule has 0 radical (unpaired) electrons. The molecule has 2 amide bonds. The summed E-state index contributed by atoms with van der Waals surface area (Å²) in [4.78, 5) is 30.8. The first-order chi connectivity index (χ1) is 12.1. The third-order valence-corrected chi connectivity index (χ3v) is 5.90. The minimum absolute atomic E-state index is 0.0742. The standard InChI is InChI=1S/C19H20IN3O2/c1-13-4-2-6-16(17(13)20)19(25)23-10-7-15(8-11-23)22-18(24)14-5-3-9-21-12-14/h2-6,9,12,15H,7-8,10-11H2,1H3,(H,22,24). The summed E-state index contributed by atoms with van der Waals surface area (Å²) in [5, 5.41) is 3.04. The van der Waals surface area contributed by atoms with E-state index in [0.717, 1.165) is 27.5 Å². The van der Waals surface area contributed by atoms with Crippen LogP contribution in [0, 0.1) is 10.5 Å². The topological polar surface area (TPSA) is 62.3 Å². The van der Waals surface area contributed by atoms with Crippen molar-refractivity contribution in [3.8, 4) is 0 Å². The maximum atomic E-state index is 12.7.